The second kappa shape index (κ2) is 5.13. The molecule has 2 N–H and O–H groups in total. The van der Waals surface area contributed by atoms with Gasteiger partial charge in [0, 0.05) is 12.0 Å². The lowest BCUT2D eigenvalue weighted by atomic mass is 9.99. The molecule has 0 radical (unpaired) electrons. The van der Waals surface area contributed by atoms with Crippen LogP contribution in [-0.2, 0) is 6.42 Å². The van der Waals surface area contributed by atoms with Gasteiger partial charge in [0.05, 0.1) is 22.4 Å². The molecule has 0 bridgehead atoms. The molecule has 1 atom stereocenters. The molecule has 0 saturated heterocycles. The first-order chi connectivity index (χ1) is 8.13. The van der Waals surface area contributed by atoms with Crippen molar-refractivity contribution in [1.82, 2.24) is 0 Å². The van der Waals surface area contributed by atoms with E-state index in [4.69, 9.17) is 33.4 Å². The van der Waals surface area contributed by atoms with E-state index in [0.29, 0.717) is 10.0 Å². The summed E-state index contributed by atoms with van der Waals surface area (Å²) in [4.78, 5) is 0. The molecular formula is C13H13Cl2NO. The maximum atomic E-state index is 6.19. The summed E-state index contributed by atoms with van der Waals surface area (Å²) in [6.07, 6.45) is 2.48. The Kier molecular flexibility index (Phi) is 3.77. The number of furan rings is 1. The van der Waals surface area contributed by atoms with E-state index in [1.165, 1.54) is 0 Å². The van der Waals surface area contributed by atoms with Crippen molar-refractivity contribution in [2.45, 2.75) is 19.4 Å². The summed E-state index contributed by atoms with van der Waals surface area (Å²) in [5.41, 5.74) is 8.11. The third-order valence-corrected chi connectivity index (χ3v) is 3.48. The number of aryl methyl sites for hydroxylation is 1. The van der Waals surface area contributed by atoms with E-state index in [-0.39, 0.29) is 6.04 Å². The Labute approximate surface area is 110 Å². The van der Waals surface area contributed by atoms with Gasteiger partial charge in [-0.3, -0.25) is 0 Å². The lowest BCUT2D eigenvalue weighted by Gasteiger charge is -2.12. The maximum absolute atomic E-state index is 6.19. The highest BCUT2D eigenvalue weighted by molar-refractivity contribution is 6.42. The van der Waals surface area contributed by atoms with Crippen molar-refractivity contribution in [3.63, 3.8) is 0 Å². The summed E-state index contributed by atoms with van der Waals surface area (Å²) in [7, 11) is 0. The van der Waals surface area contributed by atoms with E-state index in [0.717, 1.165) is 23.3 Å². The van der Waals surface area contributed by atoms with E-state index in [2.05, 4.69) is 0 Å². The van der Waals surface area contributed by atoms with Crippen LogP contribution in [0.15, 0.2) is 34.9 Å². The van der Waals surface area contributed by atoms with Gasteiger partial charge in [0.25, 0.3) is 0 Å². The molecule has 1 unspecified atom stereocenters. The Morgan fingerprint density at radius 3 is 2.65 bits per heavy atom. The van der Waals surface area contributed by atoms with Crippen LogP contribution in [-0.4, -0.2) is 0 Å². The zero-order chi connectivity index (χ0) is 12.4. The summed E-state index contributed by atoms with van der Waals surface area (Å²) < 4.78 is 5.37. The van der Waals surface area contributed by atoms with Crippen molar-refractivity contribution in [2.75, 3.05) is 0 Å². The minimum Gasteiger partial charge on any atom is -0.469 e. The van der Waals surface area contributed by atoms with E-state index < -0.39 is 0 Å². The summed E-state index contributed by atoms with van der Waals surface area (Å²) in [6.45, 7) is 2.03. The van der Waals surface area contributed by atoms with Crippen LogP contribution in [0, 0.1) is 0 Å². The Morgan fingerprint density at radius 2 is 2.00 bits per heavy atom. The van der Waals surface area contributed by atoms with Gasteiger partial charge in [-0.25, -0.2) is 0 Å². The fourth-order valence-electron chi connectivity index (χ4n) is 1.80. The van der Waals surface area contributed by atoms with Crippen molar-refractivity contribution < 1.29 is 4.42 Å². The molecule has 0 aliphatic rings. The molecule has 17 heavy (non-hydrogen) atoms. The van der Waals surface area contributed by atoms with Gasteiger partial charge in [0.15, 0.2) is 0 Å². The molecular weight excluding hydrogens is 257 g/mol. The van der Waals surface area contributed by atoms with Gasteiger partial charge in [0.1, 0.15) is 5.76 Å². The van der Waals surface area contributed by atoms with Crippen LogP contribution in [0.25, 0.3) is 0 Å². The standard InChI is InChI=1S/C13H13Cl2NO/c1-2-12-9(5-6-17-12)13(16)8-3-4-10(14)11(15)7-8/h3-7,13H,2,16H2,1H3. The molecule has 1 aromatic carbocycles. The molecule has 4 heteroatoms. The van der Waals surface area contributed by atoms with Gasteiger partial charge in [-0.15, -0.1) is 0 Å². The van der Waals surface area contributed by atoms with Crippen molar-refractivity contribution in [3.8, 4) is 0 Å². The Hall–Kier alpha value is -0.960. The Bertz CT molecular complexity index is 522. The molecule has 2 nitrogen and oxygen atoms in total. The van der Waals surface area contributed by atoms with E-state index in [9.17, 15) is 0 Å². The van der Waals surface area contributed by atoms with Gasteiger partial charge in [-0.05, 0) is 23.8 Å². The van der Waals surface area contributed by atoms with Gasteiger partial charge in [-0.1, -0.05) is 36.2 Å². The van der Waals surface area contributed by atoms with Gasteiger partial charge < -0.3 is 10.2 Å². The molecule has 0 amide bonds. The Balaban J connectivity index is 2.36. The summed E-state index contributed by atoms with van der Waals surface area (Å²) >= 11 is 11.9. The molecule has 0 spiro atoms. The minimum absolute atomic E-state index is 0.238. The predicted octanol–water partition coefficient (Wildman–Crippen LogP) is 4.20. The number of halogens is 2. The predicted molar refractivity (Wildman–Crippen MR) is 70.6 cm³/mol. The highest BCUT2D eigenvalue weighted by Gasteiger charge is 2.15. The fraction of sp³-hybridized carbons (Fsp3) is 0.231. The van der Waals surface area contributed by atoms with Crippen molar-refractivity contribution in [2.24, 2.45) is 5.73 Å². The third kappa shape index (κ3) is 2.49. The summed E-state index contributed by atoms with van der Waals surface area (Å²) in [6, 6.07) is 7.09. The quantitative estimate of drug-likeness (QED) is 0.907. The van der Waals surface area contributed by atoms with Crippen molar-refractivity contribution in [3.05, 3.63) is 57.5 Å². The van der Waals surface area contributed by atoms with Crippen LogP contribution in [0.1, 0.15) is 29.9 Å². The second-order valence-electron chi connectivity index (χ2n) is 3.80. The van der Waals surface area contributed by atoms with E-state index in [1.54, 1.807) is 18.4 Å². The SMILES string of the molecule is CCc1occc1C(N)c1ccc(Cl)c(Cl)c1. The number of hydrogen-bond acceptors (Lipinski definition) is 2. The lowest BCUT2D eigenvalue weighted by Crippen LogP contribution is -2.12. The van der Waals surface area contributed by atoms with Crippen LogP contribution in [0.2, 0.25) is 10.0 Å². The van der Waals surface area contributed by atoms with Crippen LogP contribution in [0.3, 0.4) is 0 Å². The smallest absolute Gasteiger partial charge is 0.108 e. The number of benzene rings is 1. The fourth-order valence-corrected chi connectivity index (χ4v) is 2.11. The molecule has 0 saturated carbocycles. The van der Waals surface area contributed by atoms with E-state index in [1.807, 2.05) is 19.1 Å². The molecule has 2 rings (SSSR count). The molecule has 1 heterocycles. The average molecular weight is 270 g/mol. The largest absolute Gasteiger partial charge is 0.469 e. The molecule has 90 valence electrons. The normalized spacial score (nSPS) is 12.7. The third-order valence-electron chi connectivity index (χ3n) is 2.74. The first kappa shape index (κ1) is 12.5. The molecule has 2 aromatic rings. The average Bonchev–Trinajstić information content (AvgIpc) is 2.80. The number of nitrogens with two attached hydrogens (primary N) is 1. The molecule has 0 aliphatic heterocycles. The summed E-state index contributed by atoms with van der Waals surface area (Å²) in [5.74, 6) is 0.906. The first-order valence-corrected chi connectivity index (χ1v) is 6.16. The molecule has 0 fully saturated rings. The van der Waals surface area contributed by atoms with Gasteiger partial charge in [0.2, 0.25) is 0 Å². The van der Waals surface area contributed by atoms with Crippen molar-refractivity contribution >= 4 is 23.2 Å². The highest BCUT2D eigenvalue weighted by atomic mass is 35.5. The van der Waals surface area contributed by atoms with Crippen LogP contribution in [0.4, 0.5) is 0 Å². The number of hydrogen-bond donors (Lipinski definition) is 1. The lowest BCUT2D eigenvalue weighted by molar-refractivity contribution is 0.509. The number of rotatable bonds is 3. The maximum Gasteiger partial charge on any atom is 0.108 e. The van der Waals surface area contributed by atoms with E-state index >= 15 is 0 Å². The molecule has 1 aromatic heterocycles. The summed E-state index contributed by atoms with van der Waals surface area (Å²) in [5, 5.41) is 1.05. The van der Waals surface area contributed by atoms with Crippen LogP contribution < -0.4 is 5.73 Å². The minimum atomic E-state index is -0.238. The zero-order valence-electron chi connectivity index (χ0n) is 9.41. The monoisotopic (exact) mass is 269 g/mol. The highest BCUT2D eigenvalue weighted by Crippen LogP contribution is 2.29. The zero-order valence-corrected chi connectivity index (χ0v) is 10.9. The van der Waals surface area contributed by atoms with Crippen LogP contribution in [0.5, 0.6) is 0 Å². The van der Waals surface area contributed by atoms with Crippen molar-refractivity contribution in [1.29, 1.82) is 0 Å². The molecule has 0 aliphatic carbocycles. The second-order valence-corrected chi connectivity index (χ2v) is 4.62. The topological polar surface area (TPSA) is 39.2 Å². The first-order valence-electron chi connectivity index (χ1n) is 5.40. The Morgan fingerprint density at radius 1 is 1.24 bits per heavy atom. The van der Waals surface area contributed by atoms with Gasteiger partial charge in [-0.2, -0.15) is 0 Å². The van der Waals surface area contributed by atoms with Crippen LogP contribution >= 0.6 is 23.2 Å². The van der Waals surface area contributed by atoms with Gasteiger partial charge >= 0.3 is 0 Å².